The smallest absolute Gasteiger partial charge is 0.467 e. The van der Waals surface area contributed by atoms with Crippen molar-refractivity contribution in [1.29, 1.82) is 0 Å². The van der Waals surface area contributed by atoms with E-state index in [4.69, 9.17) is 19.0 Å². The van der Waals surface area contributed by atoms with Gasteiger partial charge in [-0.05, 0) is 91.9 Å². The van der Waals surface area contributed by atoms with Crippen molar-refractivity contribution in [2.75, 3.05) is 44.2 Å². The maximum absolute atomic E-state index is 13.7. The van der Waals surface area contributed by atoms with Gasteiger partial charge in [0.05, 0.1) is 61.5 Å². The molecule has 0 atom stereocenters. The van der Waals surface area contributed by atoms with Gasteiger partial charge in [0.1, 0.15) is 28.7 Å². The van der Waals surface area contributed by atoms with Gasteiger partial charge in [-0.25, -0.2) is 49.6 Å². The maximum atomic E-state index is 13.7. The number of nitrogens with one attached hydrogen (secondary N) is 3. The van der Waals surface area contributed by atoms with Gasteiger partial charge < -0.3 is 33.8 Å². The minimum Gasteiger partial charge on any atom is -0.467 e. The van der Waals surface area contributed by atoms with Gasteiger partial charge in [0.2, 0.25) is 15.8 Å². The van der Waals surface area contributed by atoms with Crippen molar-refractivity contribution in [3.05, 3.63) is 202 Å². The SMILES string of the molecule is CCOC(=O)C1=NOC(c2ccccc2)(c2ccccc2)C1.COC(=O)c1ccc(I)cc1S(=O)(=O)[N-]C(=O)Nc1nc(C)nc(OC)n1.COc1ncc(F)c2nc(S(=O)(=O)Nc3c(F)cccc3F)nn12.Cc1[nH]n(C)c(=O)c1C(=O)c1ccc(C(F)(F)F)cc1S(C)(=O)=O.[Na+]. The number of sulfone groups is 1. The van der Waals surface area contributed by atoms with Crippen LogP contribution in [0.25, 0.3) is 10.4 Å². The van der Waals surface area contributed by atoms with Crippen LogP contribution in [0.1, 0.15) is 67.8 Å². The fourth-order valence-electron chi connectivity index (χ4n) is 8.63. The normalized spacial score (nSPS) is 12.4. The van der Waals surface area contributed by atoms with Gasteiger partial charge in [0.25, 0.3) is 20.7 Å². The number of hydrogen-bond donors (Lipinski definition) is 3. The first-order valence-corrected chi connectivity index (χ1v) is 33.1. The Hall–Kier alpha value is -9.42. The Bertz CT molecular complexity index is 4880. The fraction of sp³-hybridized carbons (Fsp3) is 0.207. The molecule has 98 heavy (non-hydrogen) atoms. The molecule has 0 radical (unpaired) electrons. The molecule has 0 spiro atoms. The van der Waals surface area contributed by atoms with Crippen molar-refractivity contribution < 1.29 is 124 Å². The molecule has 0 saturated heterocycles. The third kappa shape index (κ3) is 18.4. The molecule has 10 rings (SSSR count). The maximum Gasteiger partial charge on any atom is 1.00 e. The van der Waals surface area contributed by atoms with Gasteiger partial charge in [0, 0.05) is 39.3 Å². The summed E-state index contributed by atoms with van der Waals surface area (Å²) >= 11 is 1.86. The zero-order chi connectivity index (χ0) is 71.5. The number of nitrogens with zero attached hydrogens (tertiary/aromatic N) is 10. The largest absolute Gasteiger partial charge is 1.00 e. The number of benzene rings is 5. The van der Waals surface area contributed by atoms with Gasteiger partial charge in [-0.2, -0.15) is 41.1 Å². The van der Waals surface area contributed by atoms with Crippen LogP contribution in [0.5, 0.6) is 12.0 Å². The zero-order valence-electron chi connectivity index (χ0n) is 52.3. The number of H-pyrrole nitrogens is 1. The van der Waals surface area contributed by atoms with Gasteiger partial charge in [-0.3, -0.25) is 28.9 Å². The number of esters is 2. The van der Waals surface area contributed by atoms with Gasteiger partial charge >= 0.3 is 59.7 Å². The molecule has 40 heteroatoms. The summed E-state index contributed by atoms with van der Waals surface area (Å²) in [7, 11) is -8.23. The summed E-state index contributed by atoms with van der Waals surface area (Å²) in [5.41, 5.74) is -2.66. The zero-order valence-corrected chi connectivity index (χ0v) is 58.9. The van der Waals surface area contributed by atoms with E-state index in [0.29, 0.717) is 45.2 Å². The van der Waals surface area contributed by atoms with Crippen LogP contribution >= 0.6 is 22.6 Å². The number of carbonyl (C=O) groups is 4. The van der Waals surface area contributed by atoms with Gasteiger partial charge in [-0.15, -0.1) is 5.10 Å². The Balaban J connectivity index is 0.000000206. The molecule has 0 bridgehead atoms. The van der Waals surface area contributed by atoms with Crippen molar-refractivity contribution in [1.82, 2.24) is 44.3 Å². The number of amides is 2. The second-order valence-corrected chi connectivity index (χ2v) is 26.0. The molecular formula is C58H51F6IN13NaO16S3. The Kier molecular flexibility index (Phi) is 25.6. The average molecular weight is 1550 g/mol. The third-order valence-electron chi connectivity index (χ3n) is 13.0. The van der Waals surface area contributed by atoms with Crippen LogP contribution in [0.4, 0.5) is 42.8 Å². The van der Waals surface area contributed by atoms with E-state index in [-0.39, 0.29) is 70.2 Å². The average Bonchev–Trinajstić information content (AvgIpc) is 1.53. The van der Waals surface area contributed by atoms with Crippen molar-refractivity contribution in [2.45, 2.75) is 53.9 Å². The number of aryl methyl sites for hydroxylation is 3. The van der Waals surface area contributed by atoms with E-state index in [1.807, 2.05) is 83.3 Å². The minimum absolute atomic E-state index is 0. The summed E-state index contributed by atoms with van der Waals surface area (Å²) in [6.45, 7) is 5.05. The molecular weight excluding hydrogens is 1490 g/mol. The Morgan fingerprint density at radius 3 is 1.93 bits per heavy atom. The van der Waals surface area contributed by atoms with Crippen molar-refractivity contribution in [3.8, 4) is 12.0 Å². The third-order valence-corrected chi connectivity index (χ3v) is 17.2. The summed E-state index contributed by atoms with van der Waals surface area (Å²) < 4.78 is 179. The van der Waals surface area contributed by atoms with E-state index in [1.54, 1.807) is 11.6 Å². The molecule has 1 aliphatic heterocycles. The van der Waals surface area contributed by atoms with Gasteiger partial charge in [0.15, 0.2) is 44.6 Å². The predicted octanol–water partition coefficient (Wildman–Crippen LogP) is 5.17. The second-order valence-electron chi connectivity index (χ2n) is 19.6. The first kappa shape index (κ1) is 77.6. The number of oxime groups is 1. The number of ether oxygens (including phenoxy) is 4. The van der Waals surface area contributed by atoms with E-state index < -0.39 is 126 Å². The van der Waals surface area contributed by atoms with Crippen LogP contribution in [-0.2, 0) is 67.8 Å². The van der Waals surface area contributed by atoms with Crippen LogP contribution in [-0.4, -0.2) is 133 Å². The molecule has 5 heterocycles. The Labute approximate surface area is 588 Å². The quantitative estimate of drug-likeness (QED) is 0.0369. The second kappa shape index (κ2) is 32.3. The topological polar surface area (TPSA) is 387 Å². The van der Waals surface area contributed by atoms with E-state index in [2.05, 4.69) is 55.0 Å². The number of aromatic nitrogens is 9. The van der Waals surface area contributed by atoms with Crippen LogP contribution < -0.4 is 54.6 Å². The Morgan fingerprint density at radius 1 is 0.776 bits per heavy atom. The number of carbonyl (C=O) groups excluding carboxylic acids is 4. The summed E-state index contributed by atoms with van der Waals surface area (Å²) in [4.78, 5) is 83.4. The molecule has 5 aromatic carbocycles. The molecule has 512 valence electrons. The number of fused-ring (bicyclic) bond motifs is 1. The molecule has 0 saturated carbocycles. The number of aromatic amines is 1. The minimum atomic E-state index is -4.76. The molecule has 1 aliphatic rings. The number of alkyl halides is 3. The van der Waals surface area contributed by atoms with E-state index in [9.17, 15) is 75.6 Å². The monoisotopic (exact) mass is 1550 g/mol. The molecule has 9 aromatic rings. The van der Waals surface area contributed by atoms with Crippen molar-refractivity contribution in [3.63, 3.8) is 0 Å². The molecule has 0 fully saturated rings. The van der Waals surface area contributed by atoms with Crippen molar-refractivity contribution >= 4 is 99.2 Å². The van der Waals surface area contributed by atoms with Crippen LogP contribution in [0.15, 0.2) is 146 Å². The number of hydrogen-bond acceptors (Lipinski definition) is 23. The molecule has 29 nitrogen and oxygen atoms in total. The number of ketones is 1. The number of urea groups is 1. The van der Waals surface area contributed by atoms with Crippen LogP contribution in [0.2, 0.25) is 0 Å². The molecule has 3 N–H and O–H groups in total. The predicted molar refractivity (Wildman–Crippen MR) is 338 cm³/mol. The van der Waals surface area contributed by atoms with E-state index >= 15 is 0 Å². The number of para-hydroxylation sites is 1. The van der Waals surface area contributed by atoms with Crippen LogP contribution in [0, 0.1) is 34.9 Å². The number of methoxy groups -OCH3 is 3. The van der Waals surface area contributed by atoms with Crippen LogP contribution in [0.3, 0.4) is 0 Å². The van der Waals surface area contributed by atoms with Gasteiger partial charge in [-0.1, -0.05) is 71.9 Å². The molecule has 4 aromatic heterocycles. The van der Waals surface area contributed by atoms with E-state index in [1.165, 1.54) is 53.3 Å². The first-order chi connectivity index (χ1) is 45.6. The van der Waals surface area contributed by atoms with E-state index in [0.717, 1.165) is 53.4 Å². The molecule has 0 aliphatic carbocycles. The fourth-order valence-corrected chi connectivity index (χ4v) is 12.3. The number of rotatable bonds is 16. The number of sulfonamides is 2. The summed E-state index contributed by atoms with van der Waals surface area (Å²) in [6, 6.07) is 26.7. The number of halogens is 7. The van der Waals surface area contributed by atoms with Crippen molar-refractivity contribution in [2.24, 2.45) is 12.2 Å². The molecule has 2 amide bonds. The summed E-state index contributed by atoms with van der Waals surface area (Å²) in [5.74, 6) is -5.47. The molecule has 0 unspecified atom stereocenters. The number of anilines is 2. The summed E-state index contributed by atoms with van der Waals surface area (Å²) in [6.07, 6.45) is -2.94. The Morgan fingerprint density at radius 2 is 1.39 bits per heavy atom. The standard InChI is InChI=1S/C18H17NO3.C14H13F3N2O4S.C14H14IN5O6S.C12H8F3N5O3S.Na/c1-2-21-17(20)16-13-18(22-19-16,14-9-5-3-6-10-14)15-11-7-4-8-12-15;1-7-11(13(21)19(2)18-7)12(20)9-5-4-8(14(15,16)17)6-10(9)24(3,22)23;1-7-16-12(19-14(17-7)26-3)18-13(22)20-27(23,24)10-6-8(15)4-5-9(10)11(21)25-2;1-23-12-16-5-8(15)10-17-11(18-20(10)12)24(21,22)19-9-6(13)3-2-4-7(9)14;/h3-12H,2,13H2,1H3;4-6,18H,1-3H3;4-6H,1-3H3,(H2,16,17,18,19,20,22);2-5,19H,1H3;/q;;;;+1/p-1. The summed E-state index contributed by atoms with van der Waals surface area (Å²) in [5, 5.41) is 11.3. The first-order valence-electron chi connectivity index (χ1n) is 27.2.